The van der Waals surface area contributed by atoms with Crippen molar-refractivity contribution in [1.82, 2.24) is 5.32 Å². The molecular weight excluding hydrogens is 807 g/mol. The molecule has 1 heterocycles. The zero-order valence-corrected chi connectivity index (χ0v) is 37.2. The lowest BCUT2D eigenvalue weighted by Crippen LogP contribution is -2.84. The topological polar surface area (TPSA) is 177 Å². The average molecular weight is 874 g/mol. The van der Waals surface area contributed by atoms with E-state index in [9.17, 15) is 40.2 Å². The number of ether oxygens (including phenoxy) is 1. The summed E-state index contributed by atoms with van der Waals surface area (Å²) < 4.78 is 6.33. The van der Waals surface area contributed by atoms with E-state index in [-0.39, 0.29) is 55.8 Å². The molecular formula is C54H67NO9. The molecule has 0 amide bonds. The highest BCUT2D eigenvalue weighted by molar-refractivity contribution is 5.87. The molecule has 10 nitrogen and oxygen atoms in total. The van der Waals surface area contributed by atoms with Crippen molar-refractivity contribution in [3.05, 3.63) is 70.8 Å². The molecule has 0 aromatic heterocycles. The fourth-order valence-corrected chi connectivity index (χ4v) is 19.5. The Morgan fingerprint density at radius 2 is 1.75 bits per heavy atom. The normalized spacial score (nSPS) is 51.6. The number of hydrogen-bond acceptors (Lipinski definition) is 10. The van der Waals surface area contributed by atoms with Gasteiger partial charge in [0.1, 0.15) is 18.0 Å². The minimum Gasteiger partial charge on any atom is -0.454 e. The second kappa shape index (κ2) is 14.4. The second-order valence-electron chi connectivity index (χ2n) is 23.0. The van der Waals surface area contributed by atoms with E-state index in [2.05, 4.69) is 35.4 Å². The zero-order chi connectivity index (χ0) is 44.2. The van der Waals surface area contributed by atoms with Crippen molar-refractivity contribution in [3.8, 4) is 11.8 Å². The largest absolute Gasteiger partial charge is 0.454 e. The van der Waals surface area contributed by atoms with Gasteiger partial charge in [-0.25, -0.2) is 4.79 Å². The summed E-state index contributed by atoms with van der Waals surface area (Å²) in [6, 6.07) is 5.57. The quantitative estimate of drug-likeness (QED) is 0.0951. The lowest BCUT2D eigenvalue weighted by molar-refractivity contribution is -0.365. The molecule has 11 aliphatic carbocycles. The van der Waals surface area contributed by atoms with Crippen LogP contribution in [0.1, 0.15) is 107 Å². The predicted octanol–water partition coefficient (Wildman–Crippen LogP) is 4.71. The molecule has 0 radical (unpaired) electrons. The third-order valence-electron chi connectivity index (χ3n) is 21.6. The van der Waals surface area contributed by atoms with E-state index in [1.54, 1.807) is 6.08 Å². The number of rotatable bonds is 5. The van der Waals surface area contributed by atoms with Gasteiger partial charge in [-0.15, -0.1) is 0 Å². The van der Waals surface area contributed by atoms with Gasteiger partial charge in [-0.2, -0.15) is 0 Å². The monoisotopic (exact) mass is 873 g/mol. The summed E-state index contributed by atoms with van der Waals surface area (Å²) in [4.78, 5) is 28.5. The highest BCUT2D eigenvalue weighted by Crippen LogP contribution is 2.83. The van der Waals surface area contributed by atoms with Crippen LogP contribution in [0.15, 0.2) is 54.2 Å². The van der Waals surface area contributed by atoms with Crippen molar-refractivity contribution in [3.63, 3.8) is 0 Å². The second-order valence-corrected chi connectivity index (χ2v) is 23.0. The lowest BCUT2D eigenvalue weighted by atomic mass is 9.30. The van der Waals surface area contributed by atoms with Gasteiger partial charge in [-0.1, -0.05) is 74.0 Å². The molecule has 1 aliphatic heterocycles. The number of allylic oxidation sites excluding steroid dienone is 4. The number of esters is 1. The Kier molecular flexibility index (Phi) is 9.53. The number of aldehydes is 1. The first-order chi connectivity index (χ1) is 30.9. The Bertz CT molecular complexity index is 2290. The fourth-order valence-electron chi connectivity index (χ4n) is 19.5. The van der Waals surface area contributed by atoms with Gasteiger partial charge in [-0.3, -0.25) is 0 Å². The number of carbonyl (C=O) groups is 2. The highest BCUT2D eigenvalue weighted by Gasteiger charge is 2.88. The van der Waals surface area contributed by atoms with Crippen LogP contribution in [0.2, 0.25) is 0 Å². The maximum absolute atomic E-state index is 14.7. The number of hydrogen-bond donors (Lipinski definition) is 7. The summed E-state index contributed by atoms with van der Waals surface area (Å²) >= 11 is 0. The van der Waals surface area contributed by atoms with E-state index < -0.39 is 80.8 Å². The first-order valence-electron chi connectivity index (χ1n) is 25.0. The third kappa shape index (κ3) is 4.93. The lowest BCUT2D eigenvalue weighted by Gasteiger charge is -2.76. The maximum atomic E-state index is 14.7. The smallest absolute Gasteiger partial charge is 0.331 e. The van der Waals surface area contributed by atoms with Crippen LogP contribution >= 0.6 is 0 Å². The summed E-state index contributed by atoms with van der Waals surface area (Å²) in [6.45, 7) is -0.507. The molecule has 19 atom stereocenters. The van der Waals surface area contributed by atoms with Gasteiger partial charge >= 0.3 is 5.97 Å². The van der Waals surface area contributed by atoms with E-state index in [1.165, 1.54) is 25.7 Å². The molecule has 1 aromatic carbocycles. The van der Waals surface area contributed by atoms with Gasteiger partial charge in [-0.05, 0) is 141 Å². The van der Waals surface area contributed by atoms with Crippen molar-refractivity contribution >= 4 is 12.3 Å². The van der Waals surface area contributed by atoms with Crippen LogP contribution in [0.5, 0.6) is 0 Å². The standard InChI is InChI=1S/C54H67NO9/c1-55-44-22-39-31(11-6-13-34(39)27-56)10-4-5-17-49-24-33-15-16-35-21-45(59)42-18-32-12-7-14-38(30-8-2-3-9-30)40(32)20-37-25-52(61,48(33)51(35,29-58)54(37,42)63)53(49,62)26-36-19-41(44)47-43(23-46(60)64-47)50(36,49)28-57/h6-7,11-13,15-16,23,29-30,32-33,35-38,40-42,44-45,47-48,55-57,59,61-63H,2-3,5,8-9,14,17-22,24-28H2,1H3/t32-,33-,35+,36-,37+,38-,40-,41-,42+,44+,45+,47+,48-,49-,50-,51-,52+,53-,54+/m1/s1. The van der Waals surface area contributed by atoms with Crippen molar-refractivity contribution in [1.29, 1.82) is 0 Å². The number of aliphatic hydroxyl groups is 6. The molecule has 10 heteroatoms. The minimum absolute atomic E-state index is 0.0737. The first kappa shape index (κ1) is 42.2. The Hall–Kier alpha value is -3.14. The minimum atomic E-state index is -1.89. The number of benzene rings is 1. The molecule has 0 saturated heterocycles. The number of aliphatic hydroxyl groups excluding tert-OH is 3. The summed E-state index contributed by atoms with van der Waals surface area (Å²) in [6.07, 6.45) is 19.2. The summed E-state index contributed by atoms with van der Waals surface area (Å²) in [5.41, 5.74) is -6.00. The molecule has 64 heavy (non-hydrogen) atoms. The van der Waals surface area contributed by atoms with Crippen LogP contribution in [0.3, 0.4) is 0 Å². The van der Waals surface area contributed by atoms with Gasteiger partial charge in [0.25, 0.3) is 0 Å². The van der Waals surface area contributed by atoms with Crippen LogP contribution in [-0.4, -0.2) is 91.6 Å². The number of likely N-dealkylation sites (N-methyl/N-ethyl adjacent to an activating group) is 1. The van der Waals surface area contributed by atoms with Crippen LogP contribution in [0.25, 0.3) is 0 Å². The van der Waals surface area contributed by atoms with Crippen LogP contribution in [-0.2, 0) is 27.4 Å². The Balaban J connectivity index is 1.08. The molecule has 1 aromatic rings. The average Bonchev–Trinajstić information content (AvgIpc) is 4.00. The molecule has 13 rings (SSSR count). The number of fused-ring (bicyclic) bond motifs is 5. The van der Waals surface area contributed by atoms with E-state index in [0.717, 1.165) is 29.4 Å². The van der Waals surface area contributed by atoms with Crippen LogP contribution in [0, 0.1) is 93.2 Å². The Morgan fingerprint density at radius 3 is 2.52 bits per heavy atom. The van der Waals surface area contributed by atoms with Gasteiger partial charge < -0.3 is 45.5 Å². The zero-order valence-electron chi connectivity index (χ0n) is 37.2. The van der Waals surface area contributed by atoms with Crippen molar-refractivity contribution in [2.75, 3.05) is 13.7 Å². The number of carbonyl (C=O) groups excluding carboxylic acids is 2. The third-order valence-corrected chi connectivity index (χ3v) is 21.6. The summed E-state index contributed by atoms with van der Waals surface area (Å²) in [5.74, 6) is 4.10. The molecule has 342 valence electrons. The molecule has 4 bridgehead atoms. The summed E-state index contributed by atoms with van der Waals surface area (Å²) in [7, 11) is 1.90. The number of nitrogens with one attached hydrogen (secondary N) is 1. The van der Waals surface area contributed by atoms with Crippen molar-refractivity contribution < 1.29 is 45.0 Å². The first-order valence-corrected chi connectivity index (χ1v) is 25.0. The van der Waals surface area contributed by atoms with E-state index in [0.29, 0.717) is 68.8 Å². The maximum Gasteiger partial charge on any atom is 0.331 e. The molecule has 1 spiro atoms. The molecule has 12 aliphatic rings. The van der Waals surface area contributed by atoms with E-state index >= 15 is 0 Å². The predicted molar refractivity (Wildman–Crippen MR) is 236 cm³/mol. The van der Waals surface area contributed by atoms with Gasteiger partial charge in [0.15, 0.2) is 0 Å². The van der Waals surface area contributed by atoms with Gasteiger partial charge in [0, 0.05) is 52.7 Å². The van der Waals surface area contributed by atoms with Crippen molar-refractivity contribution in [2.45, 2.75) is 138 Å². The Labute approximate surface area is 377 Å². The summed E-state index contributed by atoms with van der Waals surface area (Å²) in [5, 5.41) is 81.9. The van der Waals surface area contributed by atoms with Crippen LogP contribution < -0.4 is 5.32 Å². The highest BCUT2D eigenvalue weighted by atomic mass is 16.5. The Morgan fingerprint density at radius 1 is 0.938 bits per heavy atom. The van der Waals surface area contributed by atoms with E-state index in [4.69, 9.17) is 4.74 Å². The molecule has 7 saturated carbocycles. The van der Waals surface area contributed by atoms with Gasteiger partial charge in [0.2, 0.25) is 0 Å². The SMILES string of the molecule is CN[C@H]1Cc2c(cccc2CO)C#CCC[C@]23C[C@H]4C=C[C@H]5C[C@H](O)[C@@H]6C[C@H]7C=CC[C@H](C8CCCC8)[C@@H]7C[C@H]7C[C@](O)([C@H]4[C@]5(C=O)[C@]76O)[C@@]2(O)C[C@H]2C[C@H]1[C@@H]1OC(=O)C=C1[C@@]23CO. The molecule has 0 unspecified atom stereocenters. The van der Waals surface area contributed by atoms with Crippen molar-refractivity contribution in [2.24, 2.45) is 81.3 Å². The fraction of sp³-hybridized carbons (Fsp3) is 0.704. The molecule has 7 N–H and O–H groups in total. The van der Waals surface area contributed by atoms with Crippen LogP contribution in [0.4, 0.5) is 0 Å². The van der Waals surface area contributed by atoms with E-state index in [1.807, 2.05) is 31.3 Å². The van der Waals surface area contributed by atoms with Gasteiger partial charge in [0.05, 0.1) is 35.9 Å². The molecule has 7 fully saturated rings.